The summed E-state index contributed by atoms with van der Waals surface area (Å²) in [6, 6.07) is 0. The summed E-state index contributed by atoms with van der Waals surface area (Å²) in [5.74, 6) is -1.48. The number of rotatable bonds is 9. The topological polar surface area (TPSA) is 223 Å². The molecule has 0 amide bonds. The fourth-order valence-corrected chi connectivity index (χ4v) is 1.52. The first-order valence-electron chi connectivity index (χ1n) is 4.73. The number of ketones is 1. The molecule has 0 aliphatic rings. The number of hydrogen-bond acceptors (Lipinski definition) is 12. The van der Waals surface area contributed by atoms with E-state index < -0.39 is 53.0 Å². The maximum absolute atomic E-state index is 11.1. The molecular weight excluding hydrogens is 382 g/mol. The molecule has 21 heavy (non-hydrogen) atoms. The van der Waals surface area contributed by atoms with Crippen molar-refractivity contribution in [1.82, 2.24) is 0 Å². The Kier molecular flexibility index (Phi) is 10.6. The SMILES string of the molecule is O=C(COP(=O)([O-])[O-])C(O)C(O)C(O)COP(=O)([O-])[O-].[Fe+4]. The van der Waals surface area contributed by atoms with Gasteiger partial charge in [-0.25, -0.2) is 0 Å². The minimum absolute atomic E-state index is 0. The molecule has 0 aliphatic heterocycles. The van der Waals surface area contributed by atoms with Crippen molar-refractivity contribution in [3.63, 3.8) is 0 Å². The van der Waals surface area contributed by atoms with Gasteiger partial charge < -0.3 is 53.1 Å². The maximum atomic E-state index is 11.1. The minimum Gasteiger partial charge on any atom is -0.790 e. The monoisotopic (exact) mass is 392 g/mol. The summed E-state index contributed by atoms with van der Waals surface area (Å²) >= 11 is 0. The van der Waals surface area contributed by atoms with Crippen LogP contribution < -0.4 is 19.6 Å². The largest absolute Gasteiger partial charge is 4.00 e. The van der Waals surface area contributed by atoms with Gasteiger partial charge in [0, 0.05) is 0 Å². The van der Waals surface area contributed by atoms with Gasteiger partial charge in [0.2, 0.25) is 0 Å². The maximum Gasteiger partial charge on any atom is 4.00 e. The smallest absolute Gasteiger partial charge is 0.790 e. The summed E-state index contributed by atoms with van der Waals surface area (Å²) in [4.78, 5) is 51.4. The summed E-state index contributed by atoms with van der Waals surface area (Å²) in [6.45, 7) is -2.63. The summed E-state index contributed by atoms with van der Waals surface area (Å²) < 4.78 is 27.3. The number of aliphatic hydroxyl groups is 3. The Labute approximate surface area is 128 Å². The van der Waals surface area contributed by atoms with Gasteiger partial charge in [0.05, 0.1) is 22.3 Å². The van der Waals surface area contributed by atoms with Crippen molar-refractivity contribution in [1.29, 1.82) is 0 Å². The van der Waals surface area contributed by atoms with Gasteiger partial charge in [0.15, 0.2) is 5.78 Å². The Morgan fingerprint density at radius 3 is 1.81 bits per heavy atom. The summed E-state index contributed by atoms with van der Waals surface area (Å²) in [6.07, 6.45) is -6.83. The van der Waals surface area contributed by atoms with E-state index in [1.807, 2.05) is 0 Å². The molecule has 3 atom stereocenters. The van der Waals surface area contributed by atoms with Crippen molar-refractivity contribution in [2.45, 2.75) is 18.3 Å². The average Bonchev–Trinajstić information content (AvgIpc) is 2.29. The molecule has 0 spiro atoms. The van der Waals surface area contributed by atoms with Gasteiger partial charge in [-0.15, -0.1) is 0 Å². The van der Waals surface area contributed by atoms with Crippen LogP contribution in [0.3, 0.4) is 0 Å². The number of carbonyl (C=O) groups excluding carboxylic acids is 1. The molecule has 3 N–H and O–H groups in total. The van der Waals surface area contributed by atoms with E-state index in [1.54, 1.807) is 0 Å². The van der Waals surface area contributed by atoms with Crippen LogP contribution >= 0.6 is 15.6 Å². The first-order valence-corrected chi connectivity index (χ1v) is 7.65. The zero-order chi connectivity index (χ0) is 16.1. The second kappa shape index (κ2) is 9.43. The quantitative estimate of drug-likeness (QED) is 0.247. The van der Waals surface area contributed by atoms with Crippen LogP contribution in [0, 0.1) is 0 Å². The molecular formula is C6H10FeO12P2. The van der Waals surface area contributed by atoms with E-state index in [9.17, 15) is 38.6 Å². The molecule has 0 rings (SSSR count). The molecule has 15 heteroatoms. The van der Waals surface area contributed by atoms with Crippen LogP contribution in [-0.2, 0) is 40.0 Å². The van der Waals surface area contributed by atoms with Gasteiger partial charge >= 0.3 is 17.1 Å². The first-order chi connectivity index (χ1) is 8.83. The molecule has 0 bridgehead atoms. The van der Waals surface area contributed by atoms with Crippen molar-refractivity contribution < 1.29 is 74.9 Å². The van der Waals surface area contributed by atoms with Crippen LogP contribution in [0.5, 0.6) is 0 Å². The zero-order valence-electron chi connectivity index (χ0n) is 9.91. The van der Waals surface area contributed by atoms with Crippen molar-refractivity contribution in [2.24, 2.45) is 0 Å². The third-order valence-corrected chi connectivity index (χ3v) is 2.73. The zero-order valence-corrected chi connectivity index (χ0v) is 12.8. The molecule has 3 unspecified atom stereocenters. The molecule has 0 aliphatic carbocycles. The molecule has 0 heterocycles. The van der Waals surface area contributed by atoms with Gasteiger partial charge in [-0.3, -0.25) is 4.79 Å². The Hall–Kier alpha value is 0.289. The summed E-state index contributed by atoms with van der Waals surface area (Å²) in [7, 11) is -10.9. The minimum atomic E-state index is -5.47. The third-order valence-electron chi connectivity index (χ3n) is 1.82. The first kappa shape index (κ1) is 23.6. The average molecular weight is 392 g/mol. The fraction of sp³-hybridized carbons (Fsp3) is 0.833. The van der Waals surface area contributed by atoms with Crippen molar-refractivity contribution in [3.8, 4) is 0 Å². The van der Waals surface area contributed by atoms with Crippen LogP contribution in [0.1, 0.15) is 0 Å². The molecule has 12 nitrogen and oxygen atoms in total. The second-order valence-corrected chi connectivity index (χ2v) is 5.74. The number of Topliss-reactive ketones (excluding diaryl/α,β-unsaturated/α-hetero) is 1. The van der Waals surface area contributed by atoms with Crippen LogP contribution in [0.4, 0.5) is 0 Å². The van der Waals surface area contributed by atoms with Crippen LogP contribution in [0.25, 0.3) is 0 Å². The molecule has 0 aromatic carbocycles. The normalized spacial score (nSPS) is 16.7. The van der Waals surface area contributed by atoms with Gasteiger partial charge in [0.1, 0.15) is 24.9 Å². The van der Waals surface area contributed by atoms with E-state index in [4.69, 9.17) is 10.2 Å². The van der Waals surface area contributed by atoms with Crippen molar-refractivity contribution in [3.05, 3.63) is 0 Å². The van der Waals surface area contributed by atoms with Crippen molar-refractivity contribution in [2.75, 3.05) is 13.2 Å². The molecule has 0 fully saturated rings. The Morgan fingerprint density at radius 1 is 1.00 bits per heavy atom. The molecule has 0 saturated carbocycles. The molecule has 124 valence electrons. The second-order valence-electron chi connectivity index (χ2n) is 3.43. The predicted molar refractivity (Wildman–Crippen MR) is 50.1 cm³/mol. The summed E-state index contributed by atoms with van der Waals surface area (Å²) in [5.41, 5.74) is 0. The third kappa shape index (κ3) is 11.5. The predicted octanol–water partition coefficient (Wildman–Crippen LogP) is -5.67. The molecule has 0 saturated heterocycles. The summed E-state index contributed by atoms with van der Waals surface area (Å²) in [5, 5.41) is 27.5. The van der Waals surface area contributed by atoms with E-state index in [1.165, 1.54) is 0 Å². The van der Waals surface area contributed by atoms with Crippen LogP contribution in [0.15, 0.2) is 0 Å². The Balaban J connectivity index is 0. The van der Waals surface area contributed by atoms with Gasteiger partial charge in [-0.05, 0) is 0 Å². The van der Waals surface area contributed by atoms with E-state index >= 15 is 0 Å². The van der Waals surface area contributed by atoms with Gasteiger partial charge in [-0.2, -0.15) is 0 Å². The van der Waals surface area contributed by atoms with Crippen LogP contribution in [-0.4, -0.2) is 52.6 Å². The van der Waals surface area contributed by atoms with E-state index in [0.717, 1.165) is 0 Å². The molecule has 0 aromatic rings. The standard InChI is InChI=1S/C6H14O12P2.Fe/c7-3(1-17-19(11,12)13)5(9)6(10)4(8)2-18-20(14,15)16;/h3,5-7,9-10H,1-2H2,(H2,11,12,13)(H2,14,15,16);/q;+4/p-4. The van der Waals surface area contributed by atoms with Gasteiger partial charge in [-0.1, -0.05) is 0 Å². The van der Waals surface area contributed by atoms with Crippen LogP contribution in [0.2, 0.25) is 0 Å². The number of phosphoric ester groups is 2. The van der Waals surface area contributed by atoms with E-state index in [2.05, 4.69) is 9.05 Å². The number of hydrogen-bond donors (Lipinski definition) is 3. The number of phosphoric acid groups is 2. The number of carbonyl (C=O) groups is 1. The Morgan fingerprint density at radius 2 is 1.43 bits per heavy atom. The fourth-order valence-electron chi connectivity index (χ4n) is 0.895. The van der Waals surface area contributed by atoms with E-state index in [-0.39, 0.29) is 17.1 Å². The molecule has 0 aromatic heterocycles. The Bertz CT molecular complexity index is 416. The number of aliphatic hydroxyl groups excluding tert-OH is 3. The van der Waals surface area contributed by atoms with Gasteiger partial charge in [0.25, 0.3) is 0 Å². The van der Waals surface area contributed by atoms with Crippen molar-refractivity contribution >= 4 is 21.4 Å². The van der Waals surface area contributed by atoms with E-state index in [0.29, 0.717) is 0 Å². The molecule has 0 radical (unpaired) electrons.